The van der Waals surface area contributed by atoms with Crippen LogP contribution < -0.4 is 15.4 Å². The van der Waals surface area contributed by atoms with Crippen LogP contribution in [0, 0.1) is 0 Å². The van der Waals surface area contributed by atoms with E-state index in [0.717, 1.165) is 11.4 Å². The van der Waals surface area contributed by atoms with Gasteiger partial charge in [-0.25, -0.2) is 4.98 Å². The van der Waals surface area contributed by atoms with Gasteiger partial charge in [0.25, 0.3) is 0 Å². The second kappa shape index (κ2) is 8.40. The fraction of sp³-hybridized carbons (Fsp3) is 0.412. The van der Waals surface area contributed by atoms with Crippen LogP contribution in [0.3, 0.4) is 0 Å². The predicted molar refractivity (Wildman–Crippen MR) is 101 cm³/mol. The second-order valence-electron chi connectivity index (χ2n) is 5.98. The van der Waals surface area contributed by atoms with Gasteiger partial charge in [-0.2, -0.15) is 4.98 Å². The number of halogens is 2. The summed E-state index contributed by atoms with van der Waals surface area (Å²) in [6.45, 7) is 4.01. The monoisotopic (exact) mass is 368 g/mol. The minimum Gasteiger partial charge on any atom is -0.491 e. The topological polar surface area (TPSA) is 59.1 Å². The van der Waals surface area contributed by atoms with E-state index in [2.05, 4.69) is 20.6 Å². The van der Waals surface area contributed by atoms with Gasteiger partial charge in [0.1, 0.15) is 10.8 Å². The molecule has 7 heteroatoms. The standard InChI is InChI=1S/C17H21ClN4O.ClH/c1-11(2)23-14-8-6-13(7-9-14)21-17-19-10-15(18)16(22-17)20-12-4-3-5-12;/h6-12H,3-5H2,1-2H3,(H2,19,20,21,22);1H. The van der Waals surface area contributed by atoms with Crippen LogP contribution in [0.1, 0.15) is 33.1 Å². The maximum atomic E-state index is 6.16. The Morgan fingerprint density at radius 2 is 1.92 bits per heavy atom. The van der Waals surface area contributed by atoms with E-state index < -0.39 is 0 Å². The number of nitrogens with zero attached hydrogens (tertiary/aromatic N) is 2. The van der Waals surface area contributed by atoms with Crippen molar-refractivity contribution in [3.63, 3.8) is 0 Å². The van der Waals surface area contributed by atoms with Crippen molar-refractivity contribution in [2.75, 3.05) is 10.6 Å². The highest BCUT2D eigenvalue weighted by atomic mass is 35.5. The third kappa shape index (κ3) is 4.89. The lowest BCUT2D eigenvalue weighted by molar-refractivity contribution is 0.242. The van der Waals surface area contributed by atoms with Gasteiger partial charge >= 0.3 is 0 Å². The van der Waals surface area contributed by atoms with Crippen LogP contribution in [0.25, 0.3) is 0 Å². The molecule has 0 saturated heterocycles. The van der Waals surface area contributed by atoms with Gasteiger partial charge in [-0.3, -0.25) is 0 Å². The summed E-state index contributed by atoms with van der Waals surface area (Å²) in [6.07, 6.45) is 5.37. The highest BCUT2D eigenvalue weighted by Gasteiger charge is 2.19. The van der Waals surface area contributed by atoms with Gasteiger partial charge in [0.05, 0.1) is 12.3 Å². The van der Waals surface area contributed by atoms with Crippen LogP contribution in [-0.2, 0) is 0 Å². The molecule has 24 heavy (non-hydrogen) atoms. The lowest BCUT2D eigenvalue weighted by Gasteiger charge is -2.27. The molecule has 5 nitrogen and oxygen atoms in total. The van der Waals surface area contributed by atoms with Gasteiger partial charge in [-0.1, -0.05) is 11.6 Å². The molecule has 1 aliphatic rings. The molecule has 0 aliphatic heterocycles. The summed E-state index contributed by atoms with van der Waals surface area (Å²) in [5.74, 6) is 2.05. The molecule has 1 aromatic heterocycles. The lowest BCUT2D eigenvalue weighted by Crippen LogP contribution is -2.27. The van der Waals surface area contributed by atoms with Crippen molar-refractivity contribution in [2.45, 2.75) is 45.3 Å². The van der Waals surface area contributed by atoms with E-state index in [1.807, 2.05) is 38.1 Å². The number of benzene rings is 1. The zero-order valence-electron chi connectivity index (χ0n) is 13.8. The minimum absolute atomic E-state index is 0. The number of nitrogens with one attached hydrogen (secondary N) is 2. The maximum Gasteiger partial charge on any atom is 0.229 e. The second-order valence-corrected chi connectivity index (χ2v) is 6.39. The third-order valence-corrected chi connectivity index (χ3v) is 3.95. The Kier molecular flexibility index (Phi) is 6.52. The van der Waals surface area contributed by atoms with Gasteiger partial charge in [-0.05, 0) is 57.4 Å². The van der Waals surface area contributed by atoms with Gasteiger partial charge in [0, 0.05) is 11.7 Å². The van der Waals surface area contributed by atoms with Crippen LogP contribution in [0.5, 0.6) is 5.75 Å². The Morgan fingerprint density at radius 1 is 1.21 bits per heavy atom. The van der Waals surface area contributed by atoms with Crippen molar-refractivity contribution in [1.29, 1.82) is 0 Å². The van der Waals surface area contributed by atoms with Gasteiger partial charge < -0.3 is 15.4 Å². The SMILES string of the molecule is CC(C)Oc1ccc(Nc2ncc(Cl)c(NC3CCC3)n2)cc1.Cl. The molecule has 130 valence electrons. The minimum atomic E-state index is 0. The van der Waals surface area contributed by atoms with E-state index in [-0.39, 0.29) is 18.5 Å². The summed E-state index contributed by atoms with van der Waals surface area (Å²) >= 11 is 6.16. The molecule has 1 fully saturated rings. The highest BCUT2D eigenvalue weighted by Crippen LogP contribution is 2.27. The number of hydrogen-bond donors (Lipinski definition) is 2. The van der Waals surface area contributed by atoms with Crippen LogP contribution in [0.2, 0.25) is 5.02 Å². The first-order valence-electron chi connectivity index (χ1n) is 7.93. The number of anilines is 3. The molecule has 0 bridgehead atoms. The molecule has 1 aliphatic carbocycles. The Labute approximate surface area is 153 Å². The summed E-state index contributed by atoms with van der Waals surface area (Å²) in [6, 6.07) is 8.20. The molecular formula is C17H22Cl2N4O. The molecule has 2 aromatic rings. The van der Waals surface area contributed by atoms with Gasteiger partial charge in [0.2, 0.25) is 5.95 Å². The normalized spacial score (nSPS) is 13.8. The van der Waals surface area contributed by atoms with Crippen molar-refractivity contribution in [3.05, 3.63) is 35.5 Å². The van der Waals surface area contributed by atoms with Crippen LogP contribution >= 0.6 is 24.0 Å². The van der Waals surface area contributed by atoms with Crippen LogP contribution in [0.15, 0.2) is 30.5 Å². The smallest absolute Gasteiger partial charge is 0.229 e. The van der Waals surface area contributed by atoms with Crippen molar-refractivity contribution < 1.29 is 4.74 Å². The maximum absolute atomic E-state index is 6.16. The molecule has 1 aromatic carbocycles. The molecule has 3 rings (SSSR count). The molecule has 0 atom stereocenters. The summed E-state index contributed by atoms with van der Waals surface area (Å²) in [4.78, 5) is 8.69. The average Bonchev–Trinajstić information content (AvgIpc) is 2.47. The molecule has 0 amide bonds. The molecule has 2 N–H and O–H groups in total. The summed E-state index contributed by atoms with van der Waals surface area (Å²) < 4.78 is 5.63. The van der Waals surface area contributed by atoms with Gasteiger partial charge in [-0.15, -0.1) is 12.4 Å². The summed E-state index contributed by atoms with van der Waals surface area (Å²) in [5, 5.41) is 7.09. The largest absolute Gasteiger partial charge is 0.491 e. The Bertz CT molecular complexity index is 660. The summed E-state index contributed by atoms with van der Waals surface area (Å²) in [5.41, 5.74) is 0.901. The number of aromatic nitrogens is 2. The van der Waals surface area contributed by atoms with E-state index in [9.17, 15) is 0 Å². The van der Waals surface area contributed by atoms with E-state index in [1.54, 1.807) is 6.20 Å². The van der Waals surface area contributed by atoms with Crippen molar-refractivity contribution in [3.8, 4) is 5.75 Å². The molecule has 0 radical (unpaired) electrons. The highest BCUT2D eigenvalue weighted by molar-refractivity contribution is 6.32. The molecule has 0 spiro atoms. The molecular weight excluding hydrogens is 347 g/mol. The van der Waals surface area contributed by atoms with E-state index in [4.69, 9.17) is 16.3 Å². The quantitative estimate of drug-likeness (QED) is 0.747. The third-order valence-electron chi connectivity index (χ3n) is 3.67. The number of hydrogen-bond acceptors (Lipinski definition) is 5. The zero-order chi connectivity index (χ0) is 16.2. The molecule has 0 unspecified atom stereocenters. The number of rotatable bonds is 6. The number of ether oxygens (including phenoxy) is 1. The van der Waals surface area contributed by atoms with E-state index in [1.165, 1.54) is 19.3 Å². The fourth-order valence-corrected chi connectivity index (χ4v) is 2.44. The zero-order valence-corrected chi connectivity index (χ0v) is 15.3. The van der Waals surface area contributed by atoms with Crippen LogP contribution in [0.4, 0.5) is 17.5 Å². The fourth-order valence-electron chi connectivity index (χ4n) is 2.29. The predicted octanol–water partition coefficient (Wildman–Crippen LogP) is 5.05. The Hall–Kier alpha value is -1.72. The molecule has 1 heterocycles. The Balaban J connectivity index is 0.00000208. The van der Waals surface area contributed by atoms with Crippen molar-refractivity contribution >= 4 is 41.5 Å². The first-order chi connectivity index (χ1) is 11.1. The summed E-state index contributed by atoms with van der Waals surface area (Å²) in [7, 11) is 0. The van der Waals surface area contributed by atoms with Crippen LogP contribution in [-0.4, -0.2) is 22.1 Å². The first kappa shape index (κ1) is 18.6. The first-order valence-corrected chi connectivity index (χ1v) is 8.31. The van der Waals surface area contributed by atoms with E-state index in [0.29, 0.717) is 22.8 Å². The lowest BCUT2D eigenvalue weighted by atomic mass is 9.93. The average molecular weight is 369 g/mol. The molecule has 1 saturated carbocycles. The Morgan fingerprint density at radius 3 is 2.50 bits per heavy atom. The van der Waals surface area contributed by atoms with Crippen molar-refractivity contribution in [2.24, 2.45) is 0 Å². The van der Waals surface area contributed by atoms with Crippen molar-refractivity contribution in [1.82, 2.24) is 9.97 Å². The van der Waals surface area contributed by atoms with Gasteiger partial charge in [0.15, 0.2) is 5.82 Å². The van der Waals surface area contributed by atoms with E-state index >= 15 is 0 Å².